The van der Waals surface area contributed by atoms with Crippen molar-refractivity contribution in [3.8, 4) is 17.2 Å². The van der Waals surface area contributed by atoms with E-state index in [1.165, 1.54) is 17.7 Å². The third-order valence-electron chi connectivity index (χ3n) is 5.50. The summed E-state index contributed by atoms with van der Waals surface area (Å²) in [5.41, 5.74) is 2.30. The first-order valence-corrected chi connectivity index (χ1v) is 10.6. The molecule has 1 atom stereocenters. The van der Waals surface area contributed by atoms with Gasteiger partial charge in [-0.3, -0.25) is 9.59 Å². The molecule has 0 aromatic heterocycles. The van der Waals surface area contributed by atoms with Crippen LogP contribution in [0.1, 0.15) is 24.5 Å². The fraction of sp³-hybridized carbons (Fsp3) is 0.417. The number of hydrogen-bond donors (Lipinski definition) is 1. The number of hydrogen-bond acceptors (Lipinski definition) is 5. The van der Waals surface area contributed by atoms with E-state index in [0.29, 0.717) is 44.1 Å². The Hall–Kier alpha value is -3.22. The summed E-state index contributed by atoms with van der Waals surface area (Å²) < 4.78 is 11.4. The van der Waals surface area contributed by atoms with Gasteiger partial charge in [0.15, 0.2) is 12.7 Å². The maximum Gasteiger partial charge on any atom is 0.263 e. The van der Waals surface area contributed by atoms with E-state index in [1.54, 1.807) is 28.9 Å². The first kappa shape index (κ1) is 22.5. The van der Waals surface area contributed by atoms with Crippen molar-refractivity contribution in [2.45, 2.75) is 33.3 Å². The molecule has 0 aliphatic carbocycles. The van der Waals surface area contributed by atoms with Crippen LogP contribution in [0.3, 0.4) is 0 Å². The van der Waals surface area contributed by atoms with E-state index in [9.17, 15) is 14.7 Å². The lowest BCUT2D eigenvalue weighted by Gasteiger charge is -2.25. The van der Waals surface area contributed by atoms with Crippen LogP contribution in [0.4, 0.5) is 0 Å². The zero-order valence-corrected chi connectivity index (χ0v) is 18.3. The number of carbonyl (C=O) groups is 2. The fourth-order valence-corrected chi connectivity index (χ4v) is 3.46. The minimum absolute atomic E-state index is 0.0170. The Morgan fingerprint density at radius 2 is 1.58 bits per heavy atom. The van der Waals surface area contributed by atoms with Crippen molar-refractivity contribution in [3.63, 3.8) is 0 Å². The fourth-order valence-electron chi connectivity index (χ4n) is 3.46. The van der Waals surface area contributed by atoms with Gasteiger partial charge in [0.25, 0.3) is 11.8 Å². The standard InChI is InChI=1S/C24H30N2O5/c1-17-5-8-22(15-18(17)2)30-16-23(28)25-11-4-12-26(14-13-25)24(29)19(3)31-21-9-6-20(27)7-10-21/h5-10,15,19,27H,4,11-14,16H2,1-3H3. The van der Waals surface area contributed by atoms with Crippen LogP contribution >= 0.6 is 0 Å². The van der Waals surface area contributed by atoms with Crippen molar-refractivity contribution >= 4 is 11.8 Å². The van der Waals surface area contributed by atoms with Crippen LogP contribution in [-0.2, 0) is 9.59 Å². The molecule has 0 spiro atoms. The normalized spacial score (nSPS) is 15.2. The average molecular weight is 427 g/mol. The number of aromatic hydroxyl groups is 1. The van der Waals surface area contributed by atoms with E-state index >= 15 is 0 Å². The molecule has 1 aliphatic heterocycles. The minimum Gasteiger partial charge on any atom is -0.508 e. The van der Waals surface area contributed by atoms with Crippen LogP contribution in [0.15, 0.2) is 42.5 Å². The Balaban J connectivity index is 1.49. The molecule has 3 rings (SSSR count). The predicted molar refractivity (Wildman–Crippen MR) is 117 cm³/mol. The van der Waals surface area contributed by atoms with E-state index in [2.05, 4.69) is 0 Å². The predicted octanol–water partition coefficient (Wildman–Crippen LogP) is 2.92. The van der Waals surface area contributed by atoms with Gasteiger partial charge in [-0.2, -0.15) is 0 Å². The maximum absolute atomic E-state index is 12.8. The molecular formula is C24H30N2O5. The Bertz CT molecular complexity index is 913. The number of phenolic OH excluding ortho intramolecular Hbond substituents is 1. The van der Waals surface area contributed by atoms with Gasteiger partial charge in [-0.15, -0.1) is 0 Å². The van der Waals surface area contributed by atoms with E-state index in [-0.39, 0.29) is 24.2 Å². The molecule has 1 unspecified atom stereocenters. The van der Waals surface area contributed by atoms with Crippen molar-refractivity contribution in [2.75, 3.05) is 32.8 Å². The highest BCUT2D eigenvalue weighted by molar-refractivity contribution is 5.81. The third kappa shape index (κ3) is 6.13. The highest BCUT2D eigenvalue weighted by Crippen LogP contribution is 2.19. The molecule has 7 nitrogen and oxygen atoms in total. The third-order valence-corrected chi connectivity index (χ3v) is 5.50. The van der Waals surface area contributed by atoms with Gasteiger partial charge in [-0.25, -0.2) is 0 Å². The highest BCUT2D eigenvalue weighted by atomic mass is 16.5. The first-order valence-electron chi connectivity index (χ1n) is 10.6. The Morgan fingerprint density at radius 3 is 2.29 bits per heavy atom. The molecule has 2 aromatic rings. The average Bonchev–Trinajstić information content (AvgIpc) is 3.01. The van der Waals surface area contributed by atoms with E-state index in [1.807, 2.05) is 32.0 Å². The largest absolute Gasteiger partial charge is 0.508 e. The summed E-state index contributed by atoms with van der Waals surface area (Å²) in [7, 11) is 0. The van der Waals surface area contributed by atoms with Gasteiger partial charge >= 0.3 is 0 Å². The molecule has 1 N–H and O–H groups in total. The molecule has 1 aliphatic rings. The Kier molecular flexibility index (Phi) is 7.39. The number of rotatable bonds is 6. The number of phenols is 1. The lowest BCUT2D eigenvalue weighted by Crippen LogP contribution is -2.43. The minimum atomic E-state index is -0.653. The molecule has 0 bridgehead atoms. The number of nitrogens with zero attached hydrogens (tertiary/aromatic N) is 2. The molecule has 31 heavy (non-hydrogen) atoms. The smallest absolute Gasteiger partial charge is 0.263 e. The SMILES string of the molecule is Cc1ccc(OCC(=O)N2CCCN(C(=O)C(C)Oc3ccc(O)cc3)CC2)cc1C. The van der Waals surface area contributed by atoms with Crippen molar-refractivity contribution < 1.29 is 24.2 Å². The van der Waals surface area contributed by atoms with Gasteiger partial charge in [0.2, 0.25) is 0 Å². The van der Waals surface area contributed by atoms with Crippen LogP contribution < -0.4 is 9.47 Å². The van der Waals surface area contributed by atoms with Crippen LogP contribution in [-0.4, -0.2) is 65.6 Å². The number of ether oxygens (including phenoxy) is 2. The summed E-state index contributed by atoms with van der Waals surface area (Å²) >= 11 is 0. The lowest BCUT2D eigenvalue weighted by atomic mass is 10.1. The van der Waals surface area contributed by atoms with Gasteiger partial charge in [-0.1, -0.05) is 6.07 Å². The molecule has 0 saturated carbocycles. The van der Waals surface area contributed by atoms with Crippen LogP contribution in [0, 0.1) is 13.8 Å². The van der Waals surface area contributed by atoms with E-state index in [4.69, 9.17) is 9.47 Å². The molecule has 166 valence electrons. The summed E-state index contributed by atoms with van der Waals surface area (Å²) in [6.45, 7) is 7.82. The summed E-state index contributed by atoms with van der Waals surface area (Å²) in [6.07, 6.45) is 0.0486. The van der Waals surface area contributed by atoms with E-state index < -0.39 is 6.10 Å². The van der Waals surface area contributed by atoms with Crippen molar-refractivity contribution in [2.24, 2.45) is 0 Å². The molecule has 7 heteroatoms. The zero-order chi connectivity index (χ0) is 22.4. The Morgan fingerprint density at radius 1 is 0.935 bits per heavy atom. The Labute approximate surface area is 183 Å². The topological polar surface area (TPSA) is 79.3 Å². The quantitative estimate of drug-likeness (QED) is 0.768. The molecular weight excluding hydrogens is 396 g/mol. The highest BCUT2D eigenvalue weighted by Gasteiger charge is 2.26. The van der Waals surface area contributed by atoms with Crippen molar-refractivity contribution in [3.05, 3.63) is 53.6 Å². The molecule has 1 saturated heterocycles. The van der Waals surface area contributed by atoms with Gasteiger partial charge in [0.1, 0.15) is 17.2 Å². The number of aryl methyl sites for hydroxylation is 2. The van der Waals surface area contributed by atoms with E-state index in [0.717, 1.165) is 5.56 Å². The zero-order valence-electron chi connectivity index (χ0n) is 18.3. The second kappa shape index (κ2) is 10.2. The summed E-state index contributed by atoms with van der Waals surface area (Å²) in [6, 6.07) is 12.1. The monoisotopic (exact) mass is 426 g/mol. The van der Waals surface area contributed by atoms with Gasteiger partial charge in [0, 0.05) is 26.2 Å². The van der Waals surface area contributed by atoms with Gasteiger partial charge in [-0.05, 0) is 74.7 Å². The summed E-state index contributed by atoms with van der Waals surface area (Å²) in [5.74, 6) is 1.15. The summed E-state index contributed by atoms with van der Waals surface area (Å²) in [5, 5.41) is 9.36. The molecule has 2 aromatic carbocycles. The number of amides is 2. The van der Waals surface area contributed by atoms with Gasteiger partial charge in [0.05, 0.1) is 0 Å². The first-order chi connectivity index (χ1) is 14.8. The lowest BCUT2D eigenvalue weighted by molar-refractivity contribution is -0.138. The van der Waals surface area contributed by atoms with Gasteiger partial charge < -0.3 is 24.4 Å². The molecule has 0 radical (unpaired) electrons. The van der Waals surface area contributed by atoms with Crippen LogP contribution in [0.2, 0.25) is 0 Å². The molecule has 1 heterocycles. The molecule has 2 amide bonds. The van der Waals surface area contributed by atoms with Crippen molar-refractivity contribution in [1.82, 2.24) is 9.80 Å². The number of carbonyl (C=O) groups excluding carboxylic acids is 2. The van der Waals surface area contributed by atoms with Crippen LogP contribution in [0.25, 0.3) is 0 Å². The van der Waals surface area contributed by atoms with Crippen LogP contribution in [0.5, 0.6) is 17.2 Å². The number of benzene rings is 2. The maximum atomic E-state index is 12.8. The second-order valence-corrected chi connectivity index (χ2v) is 7.85. The second-order valence-electron chi connectivity index (χ2n) is 7.85. The molecule has 1 fully saturated rings. The van der Waals surface area contributed by atoms with Crippen molar-refractivity contribution in [1.29, 1.82) is 0 Å². The summed E-state index contributed by atoms with van der Waals surface area (Å²) in [4.78, 5) is 28.9.